The Balaban J connectivity index is 2.22. The smallest absolute Gasteiger partial charge is 0.185 e. The van der Waals surface area contributed by atoms with Gasteiger partial charge in [-0.15, -0.1) is 0 Å². The number of benzene rings is 1. The van der Waals surface area contributed by atoms with Crippen molar-refractivity contribution < 1.29 is 9.18 Å². The molecule has 0 saturated carbocycles. The lowest BCUT2D eigenvalue weighted by molar-refractivity contribution is 0.0985. The molecule has 3 nitrogen and oxygen atoms in total. The van der Waals surface area contributed by atoms with Crippen LogP contribution in [0.2, 0.25) is 5.02 Å². The minimum Gasteiger partial charge on any atom is -0.331 e. The van der Waals surface area contributed by atoms with Gasteiger partial charge >= 0.3 is 0 Å². The predicted molar refractivity (Wildman–Crippen MR) is 62.7 cm³/mol. The zero-order valence-corrected chi connectivity index (χ0v) is 9.91. The Morgan fingerprint density at radius 2 is 2.29 bits per heavy atom. The van der Waals surface area contributed by atoms with Crippen LogP contribution in [0.4, 0.5) is 4.39 Å². The molecule has 88 valence electrons. The largest absolute Gasteiger partial charge is 0.331 e. The van der Waals surface area contributed by atoms with Crippen molar-refractivity contribution >= 4 is 17.4 Å². The molecule has 0 fully saturated rings. The van der Waals surface area contributed by atoms with Gasteiger partial charge in [0.2, 0.25) is 0 Å². The molecule has 1 heterocycles. The number of halogens is 2. The topological polar surface area (TPSA) is 34.9 Å². The van der Waals surface area contributed by atoms with Gasteiger partial charge in [0.1, 0.15) is 11.5 Å². The highest BCUT2D eigenvalue weighted by Gasteiger charge is 2.12. The van der Waals surface area contributed by atoms with E-state index in [-0.39, 0.29) is 17.2 Å². The number of imidazole rings is 1. The number of hydrogen-bond donors (Lipinski definition) is 0. The molecule has 1 aromatic carbocycles. The van der Waals surface area contributed by atoms with Crippen molar-refractivity contribution in [2.24, 2.45) is 7.05 Å². The van der Waals surface area contributed by atoms with Crippen molar-refractivity contribution in [1.82, 2.24) is 9.55 Å². The Bertz CT molecular complexity index is 565. The zero-order chi connectivity index (χ0) is 12.4. The van der Waals surface area contributed by atoms with E-state index in [9.17, 15) is 9.18 Å². The van der Waals surface area contributed by atoms with Crippen LogP contribution in [0.3, 0.4) is 0 Å². The molecule has 0 aliphatic carbocycles. The number of Topliss-reactive ketones (excluding diaryl/α,β-unsaturated/α-hetero) is 1. The molecule has 1 aromatic heterocycles. The average Bonchev–Trinajstić information content (AvgIpc) is 2.68. The van der Waals surface area contributed by atoms with Gasteiger partial charge in [0.05, 0.1) is 12.5 Å². The summed E-state index contributed by atoms with van der Waals surface area (Å²) in [5.41, 5.74) is 1.12. The number of aromatic nitrogens is 2. The highest BCUT2D eigenvalue weighted by molar-refractivity contribution is 6.31. The maximum Gasteiger partial charge on any atom is 0.185 e. The lowest BCUT2D eigenvalue weighted by Gasteiger charge is -2.04. The summed E-state index contributed by atoms with van der Waals surface area (Å²) in [5, 5.41) is 0.264. The zero-order valence-electron chi connectivity index (χ0n) is 9.15. The van der Waals surface area contributed by atoms with E-state index in [1.807, 2.05) is 0 Å². The molecule has 0 saturated heterocycles. The molecule has 5 heteroatoms. The van der Waals surface area contributed by atoms with E-state index in [2.05, 4.69) is 4.98 Å². The summed E-state index contributed by atoms with van der Waals surface area (Å²) in [7, 11) is 1.74. The van der Waals surface area contributed by atoms with Gasteiger partial charge in [-0.05, 0) is 17.7 Å². The normalized spacial score (nSPS) is 10.5. The third-order valence-corrected chi connectivity index (χ3v) is 2.82. The molecular weight excluding hydrogens is 243 g/mol. The van der Waals surface area contributed by atoms with Gasteiger partial charge in [-0.2, -0.15) is 0 Å². The molecule has 0 spiro atoms. The van der Waals surface area contributed by atoms with Gasteiger partial charge in [0.25, 0.3) is 0 Å². The van der Waals surface area contributed by atoms with E-state index in [1.165, 1.54) is 24.4 Å². The molecule has 0 aliphatic heterocycles. The molecule has 0 unspecified atom stereocenters. The van der Waals surface area contributed by atoms with Gasteiger partial charge in [0, 0.05) is 18.5 Å². The van der Waals surface area contributed by atoms with Crippen molar-refractivity contribution in [3.8, 4) is 0 Å². The van der Waals surface area contributed by atoms with Crippen LogP contribution < -0.4 is 0 Å². The van der Waals surface area contributed by atoms with Crippen LogP contribution in [0.25, 0.3) is 0 Å². The minimum atomic E-state index is -0.410. The minimum absolute atomic E-state index is 0.0986. The second kappa shape index (κ2) is 4.67. The standard InChI is InChI=1S/C12H10ClFN2O/c1-16-7-15-6-11(16)12(17)4-8-2-3-9(14)5-10(8)13/h2-3,5-7H,4H2,1H3. The molecular formula is C12H10ClFN2O. The number of carbonyl (C=O) groups is 1. The number of hydrogen-bond acceptors (Lipinski definition) is 2. The molecule has 0 aliphatic rings. The molecule has 0 bridgehead atoms. The summed E-state index contributed by atoms with van der Waals surface area (Å²) in [6.07, 6.45) is 3.19. The number of rotatable bonds is 3. The number of carbonyl (C=O) groups excluding carboxylic acids is 1. The van der Waals surface area contributed by atoms with Crippen LogP contribution in [0.5, 0.6) is 0 Å². The first kappa shape index (κ1) is 11.8. The van der Waals surface area contributed by atoms with E-state index >= 15 is 0 Å². The average molecular weight is 253 g/mol. The van der Waals surface area contributed by atoms with Crippen molar-refractivity contribution in [2.75, 3.05) is 0 Å². The van der Waals surface area contributed by atoms with Crippen LogP contribution in [0.15, 0.2) is 30.7 Å². The second-order valence-electron chi connectivity index (χ2n) is 3.73. The summed E-state index contributed by atoms with van der Waals surface area (Å²) < 4.78 is 14.5. The van der Waals surface area contributed by atoms with Gasteiger partial charge in [-0.1, -0.05) is 17.7 Å². The Hall–Kier alpha value is -1.68. The van der Waals surface area contributed by atoms with Crippen LogP contribution >= 0.6 is 11.6 Å². The summed E-state index contributed by atoms with van der Waals surface area (Å²) >= 11 is 5.86. The first-order valence-electron chi connectivity index (χ1n) is 5.01. The fourth-order valence-corrected chi connectivity index (χ4v) is 1.79. The van der Waals surface area contributed by atoms with Crippen LogP contribution in [-0.2, 0) is 13.5 Å². The van der Waals surface area contributed by atoms with Crippen molar-refractivity contribution in [1.29, 1.82) is 0 Å². The van der Waals surface area contributed by atoms with Gasteiger partial charge in [-0.3, -0.25) is 4.79 Å². The predicted octanol–water partition coefficient (Wildman–Crippen LogP) is 2.64. The first-order chi connectivity index (χ1) is 8.08. The summed E-state index contributed by atoms with van der Waals surface area (Å²) in [4.78, 5) is 15.8. The molecule has 2 aromatic rings. The number of nitrogens with zero attached hydrogens (tertiary/aromatic N) is 2. The lowest BCUT2D eigenvalue weighted by Crippen LogP contribution is -2.08. The molecule has 0 atom stereocenters. The second-order valence-corrected chi connectivity index (χ2v) is 4.13. The Kier molecular flexibility index (Phi) is 3.24. The van der Waals surface area contributed by atoms with Crippen molar-refractivity contribution in [3.63, 3.8) is 0 Å². The Labute approximate surface area is 103 Å². The summed E-state index contributed by atoms with van der Waals surface area (Å²) in [6.45, 7) is 0. The van der Waals surface area contributed by atoms with Gasteiger partial charge in [-0.25, -0.2) is 9.37 Å². The van der Waals surface area contributed by atoms with E-state index in [1.54, 1.807) is 17.9 Å². The van der Waals surface area contributed by atoms with Gasteiger partial charge in [0.15, 0.2) is 5.78 Å². The Morgan fingerprint density at radius 3 is 2.88 bits per heavy atom. The van der Waals surface area contributed by atoms with Crippen LogP contribution in [0.1, 0.15) is 16.1 Å². The van der Waals surface area contributed by atoms with E-state index < -0.39 is 5.82 Å². The first-order valence-corrected chi connectivity index (χ1v) is 5.39. The SMILES string of the molecule is Cn1cncc1C(=O)Cc1ccc(F)cc1Cl. The molecule has 2 rings (SSSR count). The fraction of sp³-hybridized carbons (Fsp3) is 0.167. The molecule has 0 amide bonds. The quantitative estimate of drug-likeness (QED) is 0.787. The van der Waals surface area contributed by atoms with Crippen LogP contribution in [-0.4, -0.2) is 15.3 Å². The fourth-order valence-electron chi connectivity index (χ4n) is 1.55. The monoisotopic (exact) mass is 252 g/mol. The van der Waals surface area contributed by atoms with E-state index in [4.69, 9.17) is 11.6 Å². The lowest BCUT2D eigenvalue weighted by atomic mass is 10.1. The molecule has 0 radical (unpaired) electrons. The van der Waals surface area contributed by atoms with Crippen LogP contribution in [0, 0.1) is 5.82 Å². The Morgan fingerprint density at radius 1 is 1.53 bits per heavy atom. The van der Waals surface area contributed by atoms with Crippen molar-refractivity contribution in [3.05, 3.63) is 52.8 Å². The third kappa shape index (κ3) is 2.53. The van der Waals surface area contributed by atoms with Crippen molar-refractivity contribution in [2.45, 2.75) is 6.42 Å². The summed E-state index contributed by atoms with van der Waals surface area (Å²) in [6, 6.07) is 4.01. The number of aryl methyl sites for hydroxylation is 1. The summed E-state index contributed by atoms with van der Waals surface area (Å²) in [5.74, 6) is -0.509. The highest BCUT2D eigenvalue weighted by Crippen LogP contribution is 2.19. The number of ketones is 1. The van der Waals surface area contributed by atoms with E-state index in [0.717, 1.165) is 0 Å². The van der Waals surface area contributed by atoms with Gasteiger partial charge < -0.3 is 4.57 Å². The third-order valence-electron chi connectivity index (χ3n) is 2.47. The molecule has 17 heavy (non-hydrogen) atoms. The maximum absolute atomic E-state index is 12.8. The maximum atomic E-state index is 12.8. The highest BCUT2D eigenvalue weighted by atomic mass is 35.5. The van der Waals surface area contributed by atoms with E-state index in [0.29, 0.717) is 11.3 Å². The molecule has 0 N–H and O–H groups in total.